The van der Waals surface area contributed by atoms with Crippen molar-refractivity contribution >= 4 is 33.2 Å². The molecule has 2 aromatic carbocycles. The molecule has 0 saturated heterocycles. The second-order valence-corrected chi connectivity index (χ2v) is 4.56. The van der Waals surface area contributed by atoms with Crippen molar-refractivity contribution in [3.05, 3.63) is 42.5 Å². The standard InChI is InChI=1S/C16H12N2O2/c1-2-19-10-7-8-11-14(9-10)20-16-15(11)17-12-5-3-4-6-13(12)18-16/h3-9H,2H2,1H3. The molecule has 0 aliphatic rings. The highest BCUT2D eigenvalue weighted by Gasteiger charge is 2.11. The number of hydrogen-bond donors (Lipinski definition) is 0. The van der Waals surface area contributed by atoms with Crippen LogP contribution in [-0.4, -0.2) is 16.6 Å². The summed E-state index contributed by atoms with van der Waals surface area (Å²) in [4.78, 5) is 9.17. The maximum atomic E-state index is 5.79. The van der Waals surface area contributed by atoms with Gasteiger partial charge in [-0.25, -0.2) is 9.97 Å². The van der Waals surface area contributed by atoms with Crippen molar-refractivity contribution < 1.29 is 9.15 Å². The van der Waals surface area contributed by atoms with E-state index in [4.69, 9.17) is 9.15 Å². The van der Waals surface area contributed by atoms with E-state index in [1.807, 2.05) is 49.4 Å². The quantitative estimate of drug-likeness (QED) is 0.550. The fourth-order valence-electron chi connectivity index (χ4n) is 2.37. The maximum Gasteiger partial charge on any atom is 0.246 e. The van der Waals surface area contributed by atoms with Crippen LogP contribution in [0.3, 0.4) is 0 Å². The van der Waals surface area contributed by atoms with Crippen molar-refractivity contribution in [3.63, 3.8) is 0 Å². The maximum absolute atomic E-state index is 5.79. The first-order valence-electron chi connectivity index (χ1n) is 6.57. The number of para-hydroxylation sites is 2. The summed E-state index contributed by atoms with van der Waals surface area (Å²) in [6, 6.07) is 13.6. The highest BCUT2D eigenvalue weighted by Crippen LogP contribution is 2.30. The number of nitrogens with zero attached hydrogens (tertiary/aromatic N) is 2. The molecule has 2 heterocycles. The van der Waals surface area contributed by atoms with Crippen LogP contribution in [-0.2, 0) is 0 Å². The van der Waals surface area contributed by atoms with Gasteiger partial charge in [-0.1, -0.05) is 12.1 Å². The minimum absolute atomic E-state index is 0.562. The van der Waals surface area contributed by atoms with Crippen LogP contribution in [0.2, 0.25) is 0 Å². The molecule has 0 aliphatic heterocycles. The number of hydrogen-bond acceptors (Lipinski definition) is 4. The van der Waals surface area contributed by atoms with Gasteiger partial charge in [0.15, 0.2) is 0 Å². The molecule has 98 valence electrons. The Bertz CT molecular complexity index is 928. The molecule has 0 amide bonds. The van der Waals surface area contributed by atoms with Gasteiger partial charge in [0.05, 0.1) is 17.6 Å². The predicted octanol–water partition coefficient (Wildman–Crippen LogP) is 3.93. The van der Waals surface area contributed by atoms with E-state index < -0.39 is 0 Å². The van der Waals surface area contributed by atoms with E-state index in [0.717, 1.165) is 33.3 Å². The number of rotatable bonds is 2. The van der Waals surface area contributed by atoms with Crippen LogP contribution >= 0.6 is 0 Å². The molecule has 0 aliphatic carbocycles. The number of benzene rings is 2. The molecule has 0 atom stereocenters. The Morgan fingerprint density at radius 2 is 1.85 bits per heavy atom. The van der Waals surface area contributed by atoms with Crippen molar-refractivity contribution in [1.29, 1.82) is 0 Å². The van der Waals surface area contributed by atoms with Crippen LogP contribution < -0.4 is 4.74 Å². The van der Waals surface area contributed by atoms with Crippen LogP contribution in [0.4, 0.5) is 0 Å². The zero-order chi connectivity index (χ0) is 13.5. The van der Waals surface area contributed by atoms with Gasteiger partial charge in [-0.2, -0.15) is 0 Å². The van der Waals surface area contributed by atoms with E-state index in [2.05, 4.69) is 9.97 Å². The van der Waals surface area contributed by atoms with E-state index >= 15 is 0 Å². The van der Waals surface area contributed by atoms with Crippen molar-refractivity contribution in [2.24, 2.45) is 0 Å². The number of ether oxygens (including phenoxy) is 1. The van der Waals surface area contributed by atoms with Gasteiger partial charge in [0.1, 0.15) is 16.8 Å². The monoisotopic (exact) mass is 264 g/mol. The van der Waals surface area contributed by atoms with Crippen LogP contribution in [0, 0.1) is 0 Å². The minimum atomic E-state index is 0.562. The molecular weight excluding hydrogens is 252 g/mol. The van der Waals surface area contributed by atoms with E-state index in [-0.39, 0.29) is 0 Å². The lowest BCUT2D eigenvalue weighted by molar-refractivity contribution is 0.340. The highest BCUT2D eigenvalue weighted by molar-refractivity contribution is 6.03. The van der Waals surface area contributed by atoms with Gasteiger partial charge < -0.3 is 9.15 Å². The smallest absolute Gasteiger partial charge is 0.246 e. The summed E-state index contributed by atoms with van der Waals surface area (Å²) >= 11 is 0. The SMILES string of the molecule is CCOc1ccc2c(c1)oc1nc3ccccc3nc12. The molecule has 4 heteroatoms. The molecular formula is C16H12N2O2. The minimum Gasteiger partial charge on any atom is -0.494 e. The fraction of sp³-hybridized carbons (Fsp3) is 0.125. The van der Waals surface area contributed by atoms with Gasteiger partial charge in [-0.3, -0.25) is 0 Å². The number of aromatic nitrogens is 2. The third kappa shape index (κ3) is 1.61. The summed E-state index contributed by atoms with van der Waals surface area (Å²) < 4.78 is 11.3. The van der Waals surface area contributed by atoms with Crippen molar-refractivity contribution in [2.45, 2.75) is 6.92 Å². The highest BCUT2D eigenvalue weighted by atomic mass is 16.5. The third-order valence-electron chi connectivity index (χ3n) is 3.26. The van der Waals surface area contributed by atoms with E-state index in [1.54, 1.807) is 0 Å². The molecule has 0 radical (unpaired) electrons. The molecule has 0 saturated carbocycles. The largest absolute Gasteiger partial charge is 0.494 e. The third-order valence-corrected chi connectivity index (χ3v) is 3.26. The van der Waals surface area contributed by atoms with Crippen LogP contribution in [0.5, 0.6) is 5.75 Å². The molecule has 4 rings (SSSR count). The molecule has 0 N–H and O–H groups in total. The second kappa shape index (κ2) is 4.20. The number of furan rings is 1. The number of fused-ring (bicyclic) bond motifs is 4. The van der Waals surface area contributed by atoms with Crippen LogP contribution in [0.1, 0.15) is 6.92 Å². The lowest BCUT2D eigenvalue weighted by Gasteiger charge is -2.00. The first-order valence-corrected chi connectivity index (χ1v) is 6.57. The lowest BCUT2D eigenvalue weighted by atomic mass is 10.2. The molecule has 20 heavy (non-hydrogen) atoms. The average Bonchev–Trinajstić information content (AvgIpc) is 2.82. The lowest BCUT2D eigenvalue weighted by Crippen LogP contribution is -1.90. The first-order chi connectivity index (χ1) is 9.85. The zero-order valence-corrected chi connectivity index (χ0v) is 11.0. The molecule has 4 nitrogen and oxygen atoms in total. The first kappa shape index (κ1) is 11.2. The Morgan fingerprint density at radius 3 is 2.65 bits per heavy atom. The Hall–Kier alpha value is -2.62. The van der Waals surface area contributed by atoms with Gasteiger partial charge in [-0.15, -0.1) is 0 Å². The van der Waals surface area contributed by atoms with Gasteiger partial charge in [0.25, 0.3) is 0 Å². The summed E-state index contributed by atoms with van der Waals surface area (Å²) in [5, 5.41) is 0.960. The van der Waals surface area contributed by atoms with Gasteiger partial charge in [-0.05, 0) is 31.2 Å². The summed E-state index contributed by atoms with van der Waals surface area (Å²) in [6.07, 6.45) is 0. The summed E-state index contributed by atoms with van der Waals surface area (Å²) in [5.41, 5.74) is 3.82. The van der Waals surface area contributed by atoms with Crippen LogP contribution in [0.15, 0.2) is 46.9 Å². The summed E-state index contributed by atoms with van der Waals surface area (Å²) in [7, 11) is 0. The van der Waals surface area contributed by atoms with Crippen molar-refractivity contribution in [1.82, 2.24) is 9.97 Å². The van der Waals surface area contributed by atoms with E-state index in [1.165, 1.54) is 0 Å². The molecule has 0 bridgehead atoms. The summed E-state index contributed by atoms with van der Waals surface area (Å²) in [5.74, 6) is 0.795. The molecule has 4 aromatic rings. The Kier molecular flexibility index (Phi) is 2.36. The van der Waals surface area contributed by atoms with Crippen molar-refractivity contribution in [3.8, 4) is 5.75 Å². The zero-order valence-electron chi connectivity index (χ0n) is 11.0. The Labute approximate surface area is 115 Å². The second-order valence-electron chi connectivity index (χ2n) is 4.56. The molecule has 0 spiro atoms. The van der Waals surface area contributed by atoms with Gasteiger partial charge >= 0.3 is 0 Å². The molecule has 0 fully saturated rings. The topological polar surface area (TPSA) is 48.2 Å². The van der Waals surface area contributed by atoms with Crippen LogP contribution in [0.25, 0.3) is 33.2 Å². The summed E-state index contributed by atoms with van der Waals surface area (Å²) in [6.45, 7) is 2.59. The fourth-order valence-corrected chi connectivity index (χ4v) is 2.37. The average molecular weight is 264 g/mol. The molecule has 0 unspecified atom stereocenters. The predicted molar refractivity (Wildman–Crippen MR) is 78.0 cm³/mol. The normalized spacial score (nSPS) is 11.4. The Morgan fingerprint density at radius 1 is 1.05 bits per heavy atom. The van der Waals surface area contributed by atoms with E-state index in [9.17, 15) is 0 Å². The molecule has 2 aromatic heterocycles. The van der Waals surface area contributed by atoms with E-state index in [0.29, 0.717) is 12.3 Å². The van der Waals surface area contributed by atoms with Crippen molar-refractivity contribution in [2.75, 3.05) is 6.61 Å². The van der Waals surface area contributed by atoms with Gasteiger partial charge in [0, 0.05) is 11.5 Å². The Balaban J connectivity index is 2.05. The van der Waals surface area contributed by atoms with Gasteiger partial charge in [0.2, 0.25) is 5.71 Å².